The quantitative estimate of drug-likeness (QED) is 0.912. The van der Waals surface area contributed by atoms with Crippen LogP contribution in [-0.4, -0.2) is 12.0 Å². The van der Waals surface area contributed by atoms with E-state index < -0.39 is 6.10 Å². The van der Waals surface area contributed by atoms with E-state index in [0.717, 1.165) is 15.7 Å². The van der Waals surface area contributed by atoms with Crippen molar-refractivity contribution in [3.05, 3.63) is 58.6 Å². The predicted octanol–water partition coefficient (Wildman–Crippen LogP) is 4.16. The number of ether oxygens (including phenoxy) is 1. The molecule has 1 atom stereocenters. The Morgan fingerprint density at radius 2 is 1.80 bits per heavy atom. The summed E-state index contributed by atoms with van der Waals surface area (Å²) < 4.78 is 6.58. The van der Waals surface area contributed by atoms with E-state index in [1.807, 2.05) is 55.5 Å². The third kappa shape index (κ3) is 3.84. The standard InChI is InChI=1S/C16H16BrNO2/c1-11-5-3-4-6-15(11)18-16(19)12(2)20-14-9-7-13(17)8-10-14/h3-10,12H,1-2H3,(H,18,19)/t12-/m1/s1. The Hall–Kier alpha value is -1.81. The van der Waals surface area contributed by atoms with Gasteiger partial charge in [-0.3, -0.25) is 4.79 Å². The molecule has 1 N–H and O–H groups in total. The lowest BCUT2D eigenvalue weighted by Crippen LogP contribution is -2.30. The van der Waals surface area contributed by atoms with Gasteiger partial charge in [-0.15, -0.1) is 0 Å². The van der Waals surface area contributed by atoms with Crippen molar-refractivity contribution in [2.24, 2.45) is 0 Å². The summed E-state index contributed by atoms with van der Waals surface area (Å²) in [6.45, 7) is 3.69. The van der Waals surface area contributed by atoms with E-state index >= 15 is 0 Å². The molecule has 0 unspecified atom stereocenters. The molecule has 20 heavy (non-hydrogen) atoms. The van der Waals surface area contributed by atoms with Gasteiger partial charge < -0.3 is 10.1 Å². The van der Waals surface area contributed by atoms with Gasteiger partial charge in [-0.1, -0.05) is 34.1 Å². The number of nitrogens with one attached hydrogen (secondary N) is 1. The molecule has 0 heterocycles. The molecule has 0 bridgehead atoms. The van der Waals surface area contributed by atoms with Gasteiger partial charge in [-0.25, -0.2) is 0 Å². The van der Waals surface area contributed by atoms with Crippen molar-refractivity contribution in [2.45, 2.75) is 20.0 Å². The van der Waals surface area contributed by atoms with Gasteiger partial charge in [0, 0.05) is 10.2 Å². The van der Waals surface area contributed by atoms with Crippen molar-refractivity contribution in [1.29, 1.82) is 0 Å². The van der Waals surface area contributed by atoms with Gasteiger partial charge in [-0.05, 0) is 49.7 Å². The van der Waals surface area contributed by atoms with Crippen LogP contribution in [0, 0.1) is 6.92 Å². The van der Waals surface area contributed by atoms with Gasteiger partial charge in [0.2, 0.25) is 0 Å². The smallest absolute Gasteiger partial charge is 0.265 e. The van der Waals surface area contributed by atoms with Gasteiger partial charge in [0.1, 0.15) is 5.75 Å². The highest BCUT2D eigenvalue weighted by molar-refractivity contribution is 9.10. The molecular weight excluding hydrogens is 318 g/mol. The Morgan fingerprint density at radius 3 is 2.45 bits per heavy atom. The highest BCUT2D eigenvalue weighted by Gasteiger charge is 2.15. The molecule has 0 aromatic heterocycles. The number of amides is 1. The largest absolute Gasteiger partial charge is 0.481 e. The molecule has 0 aliphatic heterocycles. The Morgan fingerprint density at radius 1 is 1.15 bits per heavy atom. The summed E-state index contributed by atoms with van der Waals surface area (Å²) >= 11 is 3.36. The molecule has 104 valence electrons. The lowest BCUT2D eigenvalue weighted by atomic mass is 10.2. The van der Waals surface area contributed by atoms with E-state index in [-0.39, 0.29) is 5.91 Å². The SMILES string of the molecule is Cc1ccccc1NC(=O)[C@@H](C)Oc1ccc(Br)cc1. The topological polar surface area (TPSA) is 38.3 Å². The molecule has 0 aliphatic carbocycles. The maximum absolute atomic E-state index is 12.1. The fourth-order valence-electron chi connectivity index (χ4n) is 1.72. The molecule has 2 aromatic rings. The van der Waals surface area contributed by atoms with Crippen molar-refractivity contribution in [1.82, 2.24) is 0 Å². The second-order valence-electron chi connectivity index (χ2n) is 4.52. The lowest BCUT2D eigenvalue weighted by molar-refractivity contribution is -0.122. The van der Waals surface area contributed by atoms with Crippen molar-refractivity contribution in [2.75, 3.05) is 5.32 Å². The molecule has 0 radical (unpaired) electrons. The maximum Gasteiger partial charge on any atom is 0.265 e. The average Bonchev–Trinajstić information content (AvgIpc) is 2.44. The number of anilines is 1. The van der Waals surface area contributed by atoms with E-state index in [4.69, 9.17) is 4.74 Å². The number of carbonyl (C=O) groups excluding carboxylic acids is 1. The van der Waals surface area contributed by atoms with Crippen LogP contribution in [-0.2, 0) is 4.79 Å². The molecule has 0 spiro atoms. The Bertz CT molecular complexity index is 596. The van der Waals surface area contributed by atoms with Crippen LogP contribution in [0.5, 0.6) is 5.75 Å². The normalized spacial score (nSPS) is 11.8. The van der Waals surface area contributed by atoms with Crippen LogP contribution in [0.2, 0.25) is 0 Å². The average molecular weight is 334 g/mol. The number of halogens is 1. The van der Waals surface area contributed by atoms with Crippen molar-refractivity contribution >= 4 is 27.5 Å². The van der Waals surface area contributed by atoms with Crippen LogP contribution in [0.3, 0.4) is 0 Å². The summed E-state index contributed by atoms with van der Waals surface area (Å²) in [4.78, 5) is 12.1. The highest BCUT2D eigenvalue weighted by atomic mass is 79.9. The molecular formula is C16H16BrNO2. The first-order valence-corrected chi connectivity index (χ1v) is 7.14. The molecule has 0 aliphatic rings. The molecule has 3 nitrogen and oxygen atoms in total. The van der Waals surface area contributed by atoms with Crippen LogP contribution >= 0.6 is 15.9 Å². The Labute approximate surface area is 127 Å². The fraction of sp³-hybridized carbons (Fsp3) is 0.188. The third-order valence-electron chi connectivity index (χ3n) is 2.90. The van der Waals surface area contributed by atoms with E-state index in [1.54, 1.807) is 6.92 Å². The van der Waals surface area contributed by atoms with Gasteiger partial charge in [0.05, 0.1) is 0 Å². The third-order valence-corrected chi connectivity index (χ3v) is 3.43. The summed E-state index contributed by atoms with van der Waals surface area (Å²) in [6.07, 6.45) is -0.559. The van der Waals surface area contributed by atoms with E-state index in [1.165, 1.54) is 0 Å². The van der Waals surface area contributed by atoms with Crippen LogP contribution < -0.4 is 10.1 Å². The van der Waals surface area contributed by atoms with Crippen LogP contribution in [0.4, 0.5) is 5.69 Å². The first-order chi connectivity index (χ1) is 9.56. The molecule has 2 rings (SSSR count). The summed E-state index contributed by atoms with van der Waals surface area (Å²) in [5.74, 6) is 0.503. The van der Waals surface area contributed by atoms with Crippen LogP contribution in [0.1, 0.15) is 12.5 Å². The van der Waals surface area contributed by atoms with E-state index in [9.17, 15) is 4.79 Å². The minimum absolute atomic E-state index is 0.165. The molecule has 0 saturated carbocycles. The first kappa shape index (κ1) is 14.6. The van der Waals surface area contributed by atoms with Crippen molar-refractivity contribution < 1.29 is 9.53 Å². The zero-order valence-corrected chi connectivity index (χ0v) is 13.0. The molecule has 1 amide bonds. The molecule has 4 heteroatoms. The number of aryl methyl sites for hydroxylation is 1. The number of rotatable bonds is 4. The first-order valence-electron chi connectivity index (χ1n) is 6.35. The van der Waals surface area contributed by atoms with Gasteiger partial charge in [0.15, 0.2) is 6.10 Å². The summed E-state index contributed by atoms with van der Waals surface area (Å²) in [7, 11) is 0. The number of hydrogen-bond donors (Lipinski definition) is 1. The zero-order chi connectivity index (χ0) is 14.5. The van der Waals surface area contributed by atoms with E-state index in [0.29, 0.717) is 5.75 Å². The second kappa shape index (κ2) is 6.57. The number of carbonyl (C=O) groups is 1. The highest BCUT2D eigenvalue weighted by Crippen LogP contribution is 2.18. The molecule has 0 fully saturated rings. The second-order valence-corrected chi connectivity index (χ2v) is 5.43. The minimum atomic E-state index is -0.559. The summed E-state index contributed by atoms with van der Waals surface area (Å²) in [6, 6.07) is 15.1. The maximum atomic E-state index is 12.1. The Kier molecular flexibility index (Phi) is 4.79. The zero-order valence-electron chi connectivity index (χ0n) is 11.4. The Balaban J connectivity index is 1.99. The summed E-state index contributed by atoms with van der Waals surface area (Å²) in [5.41, 5.74) is 1.83. The molecule has 0 saturated heterocycles. The van der Waals surface area contributed by atoms with Gasteiger partial charge in [-0.2, -0.15) is 0 Å². The van der Waals surface area contributed by atoms with Gasteiger partial charge in [0.25, 0.3) is 5.91 Å². The number of benzene rings is 2. The number of hydrogen-bond acceptors (Lipinski definition) is 2. The van der Waals surface area contributed by atoms with Crippen molar-refractivity contribution in [3.63, 3.8) is 0 Å². The van der Waals surface area contributed by atoms with E-state index in [2.05, 4.69) is 21.2 Å². The fourth-order valence-corrected chi connectivity index (χ4v) is 1.98. The van der Waals surface area contributed by atoms with Gasteiger partial charge >= 0.3 is 0 Å². The minimum Gasteiger partial charge on any atom is -0.481 e. The molecule has 2 aromatic carbocycles. The lowest BCUT2D eigenvalue weighted by Gasteiger charge is -2.15. The number of para-hydroxylation sites is 1. The predicted molar refractivity (Wildman–Crippen MR) is 84.0 cm³/mol. The monoisotopic (exact) mass is 333 g/mol. The van der Waals surface area contributed by atoms with Crippen LogP contribution in [0.15, 0.2) is 53.0 Å². The van der Waals surface area contributed by atoms with Crippen LogP contribution in [0.25, 0.3) is 0 Å². The van der Waals surface area contributed by atoms with Crippen molar-refractivity contribution in [3.8, 4) is 5.75 Å². The summed E-state index contributed by atoms with van der Waals surface area (Å²) in [5, 5.41) is 2.87.